The number of nitrogens with one attached hydrogen (secondary N) is 1. The zero-order valence-corrected chi connectivity index (χ0v) is 11.6. The molecule has 90 valence electrons. The molecule has 1 aromatic rings. The Labute approximate surface area is 110 Å². The predicted molar refractivity (Wildman–Crippen MR) is 71.9 cm³/mol. The van der Waals surface area contributed by atoms with Crippen molar-refractivity contribution in [3.8, 4) is 12.3 Å². The molecule has 1 N–H and O–H groups in total. The van der Waals surface area contributed by atoms with E-state index in [2.05, 4.69) is 27.2 Å². The Bertz CT molecular complexity index is 469. The molecule has 4 heteroatoms. The molecule has 0 heterocycles. The average molecular weight is 296 g/mol. The lowest BCUT2D eigenvalue weighted by molar-refractivity contribution is 0.0636. The standard InChI is InChI=1S/C13H14BrNO2/c1-5-9-8-10(14)6-7-11(9)15-12(16)17-13(2,3)4/h1,6-8H,2-4H3,(H,15,16). The highest BCUT2D eigenvalue weighted by Gasteiger charge is 2.16. The van der Waals surface area contributed by atoms with Crippen LogP contribution in [-0.4, -0.2) is 11.7 Å². The summed E-state index contributed by atoms with van der Waals surface area (Å²) in [4.78, 5) is 11.6. The second-order valence-corrected chi connectivity index (χ2v) is 5.38. The molecular weight excluding hydrogens is 282 g/mol. The quantitative estimate of drug-likeness (QED) is 0.801. The summed E-state index contributed by atoms with van der Waals surface area (Å²) in [5.41, 5.74) is 0.630. The maximum atomic E-state index is 11.6. The topological polar surface area (TPSA) is 38.3 Å². The van der Waals surface area contributed by atoms with Crippen LogP contribution >= 0.6 is 15.9 Å². The third kappa shape index (κ3) is 4.49. The van der Waals surface area contributed by atoms with Crippen LogP contribution in [-0.2, 0) is 4.74 Å². The molecule has 0 bridgehead atoms. The van der Waals surface area contributed by atoms with Gasteiger partial charge in [0.25, 0.3) is 0 Å². The third-order valence-electron chi connectivity index (χ3n) is 1.77. The first-order chi connectivity index (χ1) is 7.81. The van der Waals surface area contributed by atoms with Crippen LogP contribution in [0, 0.1) is 12.3 Å². The summed E-state index contributed by atoms with van der Waals surface area (Å²) in [5.74, 6) is 2.50. The van der Waals surface area contributed by atoms with E-state index in [1.54, 1.807) is 39.0 Å². The van der Waals surface area contributed by atoms with E-state index in [0.29, 0.717) is 11.3 Å². The van der Waals surface area contributed by atoms with Gasteiger partial charge in [-0.2, -0.15) is 0 Å². The molecule has 0 saturated carbocycles. The van der Waals surface area contributed by atoms with Crippen molar-refractivity contribution in [2.24, 2.45) is 0 Å². The average Bonchev–Trinajstić information content (AvgIpc) is 2.17. The van der Waals surface area contributed by atoms with Crippen LogP contribution in [0.1, 0.15) is 26.3 Å². The first-order valence-corrected chi connectivity index (χ1v) is 5.87. The van der Waals surface area contributed by atoms with Crippen LogP contribution in [0.2, 0.25) is 0 Å². The molecule has 0 aliphatic heterocycles. The lowest BCUT2D eigenvalue weighted by atomic mass is 10.2. The van der Waals surface area contributed by atoms with Crippen molar-refractivity contribution >= 4 is 27.7 Å². The first-order valence-electron chi connectivity index (χ1n) is 5.08. The smallest absolute Gasteiger partial charge is 0.412 e. The summed E-state index contributed by atoms with van der Waals surface area (Å²) >= 11 is 3.31. The van der Waals surface area contributed by atoms with Crippen LogP contribution in [0.3, 0.4) is 0 Å². The zero-order valence-electron chi connectivity index (χ0n) is 10.0. The molecule has 0 spiro atoms. The van der Waals surface area contributed by atoms with Crippen LogP contribution in [0.25, 0.3) is 0 Å². The van der Waals surface area contributed by atoms with E-state index >= 15 is 0 Å². The summed E-state index contributed by atoms with van der Waals surface area (Å²) in [6, 6.07) is 5.28. The highest BCUT2D eigenvalue weighted by atomic mass is 79.9. The summed E-state index contributed by atoms with van der Waals surface area (Å²) in [6.45, 7) is 5.41. The molecule has 0 aliphatic rings. The number of halogens is 1. The Balaban J connectivity index is 2.83. The largest absolute Gasteiger partial charge is 0.444 e. The number of anilines is 1. The van der Waals surface area contributed by atoms with Crippen molar-refractivity contribution in [3.63, 3.8) is 0 Å². The normalized spacial score (nSPS) is 10.5. The maximum absolute atomic E-state index is 11.6. The number of rotatable bonds is 1. The number of terminal acetylenes is 1. The van der Waals surface area contributed by atoms with E-state index in [1.165, 1.54) is 0 Å². The second-order valence-electron chi connectivity index (χ2n) is 4.46. The van der Waals surface area contributed by atoms with E-state index in [-0.39, 0.29) is 0 Å². The molecule has 0 atom stereocenters. The van der Waals surface area contributed by atoms with Crippen molar-refractivity contribution < 1.29 is 9.53 Å². The molecule has 1 aromatic carbocycles. The van der Waals surface area contributed by atoms with Gasteiger partial charge in [-0.15, -0.1) is 6.42 Å². The van der Waals surface area contributed by atoms with E-state index in [9.17, 15) is 4.79 Å². The number of carbonyl (C=O) groups is 1. The fourth-order valence-electron chi connectivity index (χ4n) is 1.16. The van der Waals surface area contributed by atoms with Gasteiger partial charge in [-0.25, -0.2) is 4.79 Å². The zero-order chi connectivity index (χ0) is 13.1. The van der Waals surface area contributed by atoms with Gasteiger partial charge in [-0.3, -0.25) is 5.32 Å². The van der Waals surface area contributed by atoms with Gasteiger partial charge in [0.05, 0.1) is 5.69 Å². The number of hydrogen-bond acceptors (Lipinski definition) is 2. The minimum atomic E-state index is -0.532. The SMILES string of the molecule is C#Cc1cc(Br)ccc1NC(=O)OC(C)(C)C. The van der Waals surface area contributed by atoms with Crippen molar-refractivity contribution in [3.05, 3.63) is 28.2 Å². The summed E-state index contributed by atoms with van der Waals surface area (Å²) in [7, 11) is 0. The monoisotopic (exact) mass is 295 g/mol. The summed E-state index contributed by atoms with van der Waals surface area (Å²) in [6.07, 6.45) is 4.84. The molecular formula is C13H14BrNO2. The number of ether oxygens (including phenoxy) is 1. The van der Waals surface area contributed by atoms with Crippen LogP contribution in [0.15, 0.2) is 22.7 Å². The van der Waals surface area contributed by atoms with Gasteiger partial charge in [-0.1, -0.05) is 21.9 Å². The molecule has 0 aromatic heterocycles. The fourth-order valence-corrected chi connectivity index (χ4v) is 1.52. The van der Waals surface area contributed by atoms with E-state index in [0.717, 1.165) is 4.47 Å². The van der Waals surface area contributed by atoms with Crippen LogP contribution < -0.4 is 5.32 Å². The van der Waals surface area contributed by atoms with E-state index in [1.807, 2.05) is 0 Å². The Hall–Kier alpha value is -1.47. The molecule has 3 nitrogen and oxygen atoms in total. The maximum Gasteiger partial charge on any atom is 0.412 e. The van der Waals surface area contributed by atoms with Crippen molar-refractivity contribution in [1.82, 2.24) is 0 Å². The molecule has 0 saturated heterocycles. The fraction of sp³-hybridized carbons (Fsp3) is 0.308. The third-order valence-corrected chi connectivity index (χ3v) is 2.27. The highest BCUT2D eigenvalue weighted by molar-refractivity contribution is 9.10. The van der Waals surface area contributed by atoms with Gasteiger partial charge in [0.15, 0.2) is 0 Å². The molecule has 0 radical (unpaired) electrons. The van der Waals surface area contributed by atoms with Gasteiger partial charge in [0.1, 0.15) is 5.60 Å². The lowest BCUT2D eigenvalue weighted by Gasteiger charge is -2.20. The van der Waals surface area contributed by atoms with Crippen molar-refractivity contribution in [2.45, 2.75) is 26.4 Å². The van der Waals surface area contributed by atoms with Gasteiger partial charge in [-0.05, 0) is 39.0 Å². The minimum absolute atomic E-state index is 0.517. The number of benzene rings is 1. The Morgan fingerprint density at radius 1 is 1.47 bits per heavy atom. The predicted octanol–water partition coefficient (Wildman–Crippen LogP) is 3.78. The molecule has 0 aliphatic carbocycles. The lowest BCUT2D eigenvalue weighted by Crippen LogP contribution is -2.27. The summed E-state index contributed by atoms with van der Waals surface area (Å²) in [5, 5.41) is 2.62. The number of hydrogen-bond donors (Lipinski definition) is 1. The van der Waals surface area contributed by atoms with E-state index in [4.69, 9.17) is 11.2 Å². The Morgan fingerprint density at radius 3 is 2.65 bits per heavy atom. The molecule has 1 rings (SSSR count). The number of carbonyl (C=O) groups excluding carboxylic acids is 1. The van der Waals surface area contributed by atoms with Gasteiger partial charge < -0.3 is 4.74 Å². The Morgan fingerprint density at radius 2 is 2.12 bits per heavy atom. The molecule has 1 amide bonds. The molecule has 0 fully saturated rings. The first kappa shape index (κ1) is 13.6. The Kier molecular flexibility index (Phi) is 4.19. The second kappa shape index (κ2) is 5.24. The number of amides is 1. The molecule has 17 heavy (non-hydrogen) atoms. The van der Waals surface area contributed by atoms with Gasteiger partial charge in [0, 0.05) is 10.0 Å². The van der Waals surface area contributed by atoms with E-state index < -0.39 is 11.7 Å². The van der Waals surface area contributed by atoms with Crippen molar-refractivity contribution in [1.29, 1.82) is 0 Å². The summed E-state index contributed by atoms with van der Waals surface area (Å²) < 4.78 is 6.00. The minimum Gasteiger partial charge on any atom is -0.444 e. The van der Waals surface area contributed by atoms with Crippen LogP contribution in [0.4, 0.5) is 10.5 Å². The highest BCUT2D eigenvalue weighted by Crippen LogP contribution is 2.21. The van der Waals surface area contributed by atoms with Gasteiger partial charge in [0.2, 0.25) is 0 Å². The van der Waals surface area contributed by atoms with Gasteiger partial charge >= 0.3 is 6.09 Å². The molecule has 0 unspecified atom stereocenters. The van der Waals surface area contributed by atoms with Crippen LogP contribution in [0.5, 0.6) is 0 Å². The van der Waals surface area contributed by atoms with Crippen molar-refractivity contribution in [2.75, 3.05) is 5.32 Å².